The topological polar surface area (TPSA) is 80.9 Å². The number of benzene rings is 1. The van der Waals surface area contributed by atoms with E-state index >= 15 is 0 Å². The molecule has 1 amide bonds. The highest BCUT2D eigenvalue weighted by atomic mass is 32.1. The second-order valence-corrected chi connectivity index (χ2v) is 8.49. The summed E-state index contributed by atoms with van der Waals surface area (Å²) >= 11 is 1.03. The van der Waals surface area contributed by atoms with E-state index in [-0.39, 0.29) is 28.2 Å². The Morgan fingerprint density at radius 2 is 2.10 bits per heavy atom. The minimum atomic E-state index is -0.706. The predicted octanol–water partition coefficient (Wildman–Crippen LogP) is 5.03. The third-order valence-electron chi connectivity index (χ3n) is 5.49. The first-order valence-corrected chi connectivity index (χ1v) is 10.7. The standard InChI is InChI=1S/C22H22F2N4OS/c1-12-5-6-16(23)19(20(12)24)22-28-18(11-30-22)21(29)27-17-10-26-8-7-15(17)13-3-2-4-14(25)9-13/h5-8,10-11,13-14H,2-4,9,25H2,1H3,(H,27,29). The Balaban J connectivity index is 1.58. The van der Waals surface area contributed by atoms with Gasteiger partial charge >= 0.3 is 0 Å². The van der Waals surface area contributed by atoms with Crippen molar-refractivity contribution in [3.63, 3.8) is 0 Å². The number of pyridine rings is 1. The van der Waals surface area contributed by atoms with Crippen LogP contribution < -0.4 is 11.1 Å². The minimum absolute atomic E-state index is 0.102. The maximum Gasteiger partial charge on any atom is 0.275 e. The molecule has 2 heterocycles. The van der Waals surface area contributed by atoms with E-state index in [4.69, 9.17) is 5.73 Å². The second kappa shape index (κ2) is 8.57. The lowest BCUT2D eigenvalue weighted by molar-refractivity contribution is 0.102. The van der Waals surface area contributed by atoms with Crippen molar-refractivity contribution in [2.24, 2.45) is 5.73 Å². The van der Waals surface area contributed by atoms with Crippen LogP contribution in [-0.4, -0.2) is 21.9 Å². The molecule has 3 N–H and O–H groups in total. The van der Waals surface area contributed by atoms with Gasteiger partial charge in [0.15, 0.2) is 0 Å². The summed E-state index contributed by atoms with van der Waals surface area (Å²) in [5, 5.41) is 4.49. The van der Waals surface area contributed by atoms with E-state index in [9.17, 15) is 13.6 Å². The molecule has 0 aliphatic heterocycles. The number of thiazole rings is 1. The Morgan fingerprint density at radius 1 is 1.27 bits per heavy atom. The first-order valence-electron chi connectivity index (χ1n) is 9.85. The van der Waals surface area contributed by atoms with Gasteiger partial charge in [0.05, 0.1) is 17.4 Å². The molecule has 0 spiro atoms. The average molecular weight is 429 g/mol. The molecular weight excluding hydrogens is 406 g/mol. The summed E-state index contributed by atoms with van der Waals surface area (Å²) in [5.41, 5.74) is 7.95. The Morgan fingerprint density at radius 3 is 2.90 bits per heavy atom. The zero-order chi connectivity index (χ0) is 21.3. The SMILES string of the molecule is Cc1ccc(F)c(-c2nc(C(=O)Nc3cnccc3C3CCCC(N)C3)cs2)c1F. The number of aryl methyl sites for hydroxylation is 1. The summed E-state index contributed by atoms with van der Waals surface area (Å²) in [6.07, 6.45) is 7.24. The van der Waals surface area contributed by atoms with Crippen LogP contribution in [0.25, 0.3) is 10.6 Å². The first-order chi connectivity index (χ1) is 14.4. The highest BCUT2D eigenvalue weighted by Crippen LogP contribution is 2.36. The number of nitrogens with zero attached hydrogens (tertiary/aromatic N) is 2. The smallest absolute Gasteiger partial charge is 0.275 e. The Bertz CT molecular complexity index is 1080. The van der Waals surface area contributed by atoms with E-state index in [1.165, 1.54) is 17.5 Å². The van der Waals surface area contributed by atoms with Crippen molar-refractivity contribution in [3.05, 3.63) is 64.4 Å². The maximum absolute atomic E-state index is 14.4. The summed E-state index contributed by atoms with van der Waals surface area (Å²) < 4.78 is 28.6. The number of carbonyl (C=O) groups excluding carboxylic acids is 1. The fraction of sp³-hybridized carbons (Fsp3) is 0.318. The van der Waals surface area contributed by atoms with Gasteiger partial charge in [-0.3, -0.25) is 9.78 Å². The number of anilines is 1. The van der Waals surface area contributed by atoms with Crippen molar-refractivity contribution in [1.82, 2.24) is 9.97 Å². The van der Waals surface area contributed by atoms with E-state index in [1.54, 1.807) is 19.3 Å². The van der Waals surface area contributed by atoms with Crippen LogP contribution >= 0.6 is 11.3 Å². The minimum Gasteiger partial charge on any atom is -0.328 e. The Hall–Kier alpha value is -2.71. The number of amides is 1. The second-order valence-electron chi connectivity index (χ2n) is 7.63. The molecule has 2 atom stereocenters. The van der Waals surface area contributed by atoms with Crippen LogP contribution in [0.15, 0.2) is 36.0 Å². The average Bonchev–Trinajstić information content (AvgIpc) is 3.21. The largest absolute Gasteiger partial charge is 0.328 e. The maximum atomic E-state index is 14.4. The quantitative estimate of drug-likeness (QED) is 0.611. The first kappa shape index (κ1) is 20.6. The monoisotopic (exact) mass is 428 g/mol. The number of hydrogen-bond donors (Lipinski definition) is 2. The van der Waals surface area contributed by atoms with Gasteiger partial charge in [0.1, 0.15) is 22.3 Å². The summed E-state index contributed by atoms with van der Waals surface area (Å²) in [4.78, 5) is 21.1. The van der Waals surface area contributed by atoms with Gasteiger partial charge in [0.2, 0.25) is 0 Å². The lowest BCUT2D eigenvalue weighted by Crippen LogP contribution is -2.27. The zero-order valence-corrected chi connectivity index (χ0v) is 17.3. The number of hydrogen-bond acceptors (Lipinski definition) is 5. The highest BCUT2D eigenvalue weighted by molar-refractivity contribution is 7.13. The van der Waals surface area contributed by atoms with Gasteiger partial charge in [0.25, 0.3) is 5.91 Å². The molecule has 156 valence electrons. The third kappa shape index (κ3) is 4.11. The third-order valence-corrected chi connectivity index (χ3v) is 6.35. The van der Waals surface area contributed by atoms with Crippen LogP contribution in [0.3, 0.4) is 0 Å². The van der Waals surface area contributed by atoms with Gasteiger partial charge in [-0.1, -0.05) is 12.5 Å². The molecular formula is C22H22F2N4OS. The molecule has 0 radical (unpaired) electrons. The van der Waals surface area contributed by atoms with Crippen molar-refractivity contribution in [2.45, 2.75) is 44.6 Å². The molecule has 1 fully saturated rings. The number of aromatic nitrogens is 2. The van der Waals surface area contributed by atoms with Gasteiger partial charge in [-0.05, 0) is 55.4 Å². The zero-order valence-electron chi connectivity index (χ0n) is 16.5. The van der Waals surface area contributed by atoms with Crippen LogP contribution in [0.2, 0.25) is 0 Å². The van der Waals surface area contributed by atoms with E-state index in [0.29, 0.717) is 11.3 Å². The molecule has 30 heavy (non-hydrogen) atoms. The molecule has 0 saturated heterocycles. The number of carbonyl (C=O) groups is 1. The summed E-state index contributed by atoms with van der Waals surface area (Å²) in [6.45, 7) is 1.56. The van der Waals surface area contributed by atoms with Crippen molar-refractivity contribution < 1.29 is 13.6 Å². The molecule has 8 heteroatoms. The number of nitrogens with two attached hydrogens (primary N) is 1. The van der Waals surface area contributed by atoms with Crippen LogP contribution in [0.1, 0.15) is 53.2 Å². The van der Waals surface area contributed by atoms with E-state index in [2.05, 4.69) is 15.3 Å². The van der Waals surface area contributed by atoms with Crippen molar-refractivity contribution >= 4 is 22.9 Å². The molecule has 4 rings (SSSR count). The van der Waals surface area contributed by atoms with Gasteiger partial charge < -0.3 is 11.1 Å². The summed E-state index contributed by atoms with van der Waals surface area (Å²) in [6, 6.07) is 4.63. The Labute approximate surface area is 177 Å². The molecule has 1 aromatic carbocycles. The van der Waals surface area contributed by atoms with Crippen LogP contribution in [0.5, 0.6) is 0 Å². The predicted molar refractivity (Wildman–Crippen MR) is 114 cm³/mol. The summed E-state index contributed by atoms with van der Waals surface area (Å²) in [5.74, 6) is -1.56. The van der Waals surface area contributed by atoms with Gasteiger partial charge in [-0.2, -0.15) is 0 Å². The van der Waals surface area contributed by atoms with Crippen LogP contribution in [0, 0.1) is 18.6 Å². The van der Waals surface area contributed by atoms with E-state index in [0.717, 1.165) is 42.6 Å². The van der Waals surface area contributed by atoms with Crippen molar-refractivity contribution in [2.75, 3.05) is 5.32 Å². The Kier molecular flexibility index (Phi) is 5.87. The number of rotatable bonds is 4. The highest BCUT2D eigenvalue weighted by Gasteiger charge is 2.24. The molecule has 2 aromatic heterocycles. The van der Waals surface area contributed by atoms with Gasteiger partial charge in [0, 0.05) is 17.6 Å². The van der Waals surface area contributed by atoms with Crippen LogP contribution in [0.4, 0.5) is 14.5 Å². The lowest BCUT2D eigenvalue weighted by atomic mass is 9.81. The molecule has 1 saturated carbocycles. The van der Waals surface area contributed by atoms with Gasteiger partial charge in [-0.25, -0.2) is 13.8 Å². The lowest BCUT2D eigenvalue weighted by Gasteiger charge is -2.28. The molecule has 1 aliphatic rings. The van der Waals surface area contributed by atoms with Gasteiger partial charge in [-0.15, -0.1) is 11.3 Å². The fourth-order valence-corrected chi connectivity index (χ4v) is 4.75. The molecule has 3 aromatic rings. The summed E-state index contributed by atoms with van der Waals surface area (Å²) in [7, 11) is 0. The molecule has 1 aliphatic carbocycles. The van der Waals surface area contributed by atoms with E-state index < -0.39 is 17.5 Å². The van der Waals surface area contributed by atoms with Crippen molar-refractivity contribution in [1.29, 1.82) is 0 Å². The fourth-order valence-electron chi connectivity index (χ4n) is 3.91. The van der Waals surface area contributed by atoms with E-state index in [1.807, 2.05) is 6.07 Å². The van der Waals surface area contributed by atoms with Crippen molar-refractivity contribution in [3.8, 4) is 10.6 Å². The number of halogens is 2. The van der Waals surface area contributed by atoms with Crippen LogP contribution in [-0.2, 0) is 0 Å². The molecule has 5 nitrogen and oxygen atoms in total. The molecule has 0 bridgehead atoms. The molecule has 2 unspecified atom stereocenters. The number of nitrogens with one attached hydrogen (secondary N) is 1. The normalized spacial score (nSPS) is 18.9.